The normalized spacial score (nSPS) is 22.7. The molecule has 1 aliphatic heterocycles. The summed E-state index contributed by atoms with van der Waals surface area (Å²) in [6.45, 7) is 8.13. The van der Waals surface area contributed by atoms with Crippen molar-refractivity contribution in [1.82, 2.24) is 15.5 Å². The van der Waals surface area contributed by atoms with Gasteiger partial charge in [0.25, 0.3) is 0 Å². The predicted molar refractivity (Wildman–Crippen MR) is 82.7 cm³/mol. The highest BCUT2D eigenvalue weighted by Crippen LogP contribution is 2.29. The third-order valence-corrected chi connectivity index (χ3v) is 4.57. The van der Waals surface area contributed by atoms with Crippen molar-refractivity contribution in [3.63, 3.8) is 0 Å². The van der Waals surface area contributed by atoms with Gasteiger partial charge in [-0.2, -0.15) is 0 Å². The molecule has 2 rings (SSSR count). The van der Waals surface area contributed by atoms with Gasteiger partial charge in [0.05, 0.1) is 6.54 Å². The summed E-state index contributed by atoms with van der Waals surface area (Å²) >= 11 is 0. The molecule has 1 aliphatic carbocycles. The molecular weight excluding hydrogens is 250 g/mol. The summed E-state index contributed by atoms with van der Waals surface area (Å²) in [4.78, 5) is 14.6. The zero-order valence-electron chi connectivity index (χ0n) is 13.2. The first-order valence-electron chi connectivity index (χ1n) is 8.46. The molecule has 2 N–H and O–H groups in total. The van der Waals surface area contributed by atoms with Crippen molar-refractivity contribution in [2.24, 2.45) is 5.92 Å². The van der Waals surface area contributed by atoms with E-state index in [1.165, 1.54) is 25.7 Å². The van der Waals surface area contributed by atoms with Gasteiger partial charge >= 0.3 is 0 Å². The molecule has 0 aromatic rings. The van der Waals surface area contributed by atoms with E-state index in [1.54, 1.807) is 0 Å². The van der Waals surface area contributed by atoms with Crippen molar-refractivity contribution in [3.05, 3.63) is 0 Å². The lowest BCUT2D eigenvalue weighted by Gasteiger charge is -2.26. The summed E-state index contributed by atoms with van der Waals surface area (Å²) in [7, 11) is 0. The molecule has 116 valence electrons. The minimum Gasteiger partial charge on any atom is -0.352 e. The molecule has 0 aromatic carbocycles. The third kappa shape index (κ3) is 5.41. The van der Waals surface area contributed by atoms with E-state index >= 15 is 0 Å². The van der Waals surface area contributed by atoms with Crippen LogP contribution in [0.5, 0.6) is 0 Å². The molecule has 1 amide bonds. The number of amides is 1. The lowest BCUT2D eigenvalue weighted by Crippen LogP contribution is -2.46. The zero-order valence-corrected chi connectivity index (χ0v) is 13.2. The molecule has 0 radical (unpaired) electrons. The Morgan fingerprint density at radius 2 is 2.00 bits per heavy atom. The Kier molecular flexibility index (Phi) is 6.30. The van der Waals surface area contributed by atoms with Crippen molar-refractivity contribution >= 4 is 5.91 Å². The second-order valence-corrected chi connectivity index (χ2v) is 6.51. The van der Waals surface area contributed by atoms with Gasteiger partial charge in [0, 0.05) is 25.2 Å². The van der Waals surface area contributed by atoms with E-state index in [0.29, 0.717) is 18.6 Å². The molecule has 2 aliphatic rings. The maximum atomic E-state index is 12.2. The Labute approximate surface area is 123 Å². The third-order valence-electron chi connectivity index (χ3n) is 4.57. The van der Waals surface area contributed by atoms with Crippen molar-refractivity contribution in [2.75, 3.05) is 26.2 Å². The SMILES string of the molecule is CCC(CC)NC(=O)CN(CC1CC1)CC1CCCN1. The number of rotatable bonds is 9. The Morgan fingerprint density at radius 1 is 1.25 bits per heavy atom. The van der Waals surface area contributed by atoms with Gasteiger partial charge in [0.2, 0.25) is 5.91 Å². The van der Waals surface area contributed by atoms with E-state index in [2.05, 4.69) is 29.4 Å². The van der Waals surface area contributed by atoms with Gasteiger partial charge in [-0.3, -0.25) is 9.69 Å². The highest BCUT2D eigenvalue weighted by Gasteiger charge is 2.27. The minimum atomic E-state index is 0.206. The molecule has 4 nitrogen and oxygen atoms in total. The lowest BCUT2D eigenvalue weighted by molar-refractivity contribution is -0.123. The second kappa shape index (κ2) is 7.99. The highest BCUT2D eigenvalue weighted by atomic mass is 16.2. The topological polar surface area (TPSA) is 44.4 Å². The first kappa shape index (κ1) is 15.8. The maximum Gasteiger partial charge on any atom is 0.234 e. The number of carbonyl (C=O) groups is 1. The van der Waals surface area contributed by atoms with Crippen LogP contribution in [0.25, 0.3) is 0 Å². The highest BCUT2D eigenvalue weighted by molar-refractivity contribution is 5.78. The Balaban J connectivity index is 1.77. The van der Waals surface area contributed by atoms with Gasteiger partial charge < -0.3 is 10.6 Å². The number of hydrogen-bond acceptors (Lipinski definition) is 3. The summed E-state index contributed by atoms with van der Waals surface area (Å²) in [5.41, 5.74) is 0. The standard InChI is InChI=1S/C16H31N3O/c1-3-14(4-2)18-16(20)12-19(10-13-7-8-13)11-15-6-5-9-17-15/h13-15,17H,3-12H2,1-2H3,(H,18,20). The van der Waals surface area contributed by atoms with Crippen LogP contribution in [0.4, 0.5) is 0 Å². The second-order valence-electron chi connectivity index (χ2n) is 6.51. The van der Waals surface area contributed by atoms with Crippen LogP contribution in [0, 0.1) is 5.92 Å². The van der Waals surface area contributed by atoms with E-state index in [9.17, 15) is 4.79 Å². The number of nitrogens with one attached hydrogen (secondary N) is 2. The molecule has 4 heteroatoms. The van der Waals surface area contributed by atoms with Gasteiger partial charge in [0.1, 0.15) is 0 Å². The average Bonchev–Trinajstić information content (AvgIpc) is 3.09. The summed E-state index contributed by atoms with van der Waals surface area (Å²) in [6.07, 6.45) is 7.28. The lowest BCUT2D eigenvalue weighted by atomic mass is 10.1. The summed E-state index contributed by atoms with van der Waals surface area (Å²) in [5.74, 6) is 1.05. The summed E-state index contributed by atoms with van der Waals surface area (Å²) in [6, 6.07) is 0.935. The first-order chi connectivity index (χ1) is 9.71. The molecule has 2 fully saturated rings. The smallest absolute Gasteiger partial charge is 0.234 e. The molecule has 1 unspecified atom stereocenters. The molecule has 1 saturated heterocycles. The monoisotopic (exact) mass is 281 g/mol. The number of nitrogens with zero attached hydrogens (tertiary/aromatic N) is 1. The van der Waals surface area contributed by atoms with Crippen LogP contribution >= 0.6 is 0 Å². The Hall–Kier alpha value is -0.610. The van der Waals surface area contributed by atoms with Gasteiger partial charge in [-0.05, 0) is 51.0 Å². The van der Waals surface area contributed by atoms with Crippen molar-refractivity contribution < 1.29 is 4.79 Å². The van der Waals surface area contributed by atoms with Crippen molar-refractivity contribution in [2.45, 2.75) is 64.5 Å². The van der Waals surface area contributed by atoms with E-state index in [4.69, 9.17) is 0 Å². The Bertz CT molecular complexity index is 294. The fourth-order valence-corrected chi connectivity index (χ4v) is 3.06. The molecule has 20 heavy (non-hydrogen) atoms. The molecule has 1 heterocycles. The summed E-state index contributed by atoms with van der Waals surface area (Å²) < 4.78 is 0. The van der Waals surface area contributed by atoms with E-state index in [1.807, 2.05) is 0 Å². The quantitative estimate of drug-likeness (QED) is 0.677. The fourth-order valence-electron chi connectivity index (χ4n) is 3.06. The van der Waals surface area contributed by atoms with Gasteiger partial charge in [-0.15, -0.1) is 0 Å². The van der Waals surface area contributed by atoms with Crippen molar-refractivity contribution in [1.29, 1.82) is 0 Å². The van der Waals surface area contributed by atoms with Crippen LogP contribution in [-0.2, 0) is 4.79 Å². The fraction of sp³-hybridized carbons (Fsp3) is 0.938. The van der Waals surface area contributed by atoms with Crippen LogP contribution in [-0.4, -0.2) is 49.1 Å². The van der Waals surface area contributed by atoms with Crippen LogP contribution in [0.2, 0.25) is 0 Å². The zero-order chi connectivity index (χ0) is 14.4. The van der Waals surface area contributed by atoms with Crippen LogP contribution in [0.15, 0.2) is 0 Å². The minimum absolute atomic E-state index is 0.206. The van der Waals surface area contributed by atoms with Gasteiger partial charge in [-0.25, -0.2) is 0 Å². The maximum absolute atomic E-state index is 12.2. The number of carbonyl (C=O) groups excluding carboxylic acids is 1. The summed E-state index contributed by atoms with van der Waals surface area (Å²) in [5, 5.41) is 6.71. The molecule has 1 atom stereocenters. The van der Waals surface area contributed by atoms with E-state index in [0.717, 1.165) is 38.4 Å². The van der Waals surface area contributed by atoms with Gasteiger partial charge in [-0.1, -0.05) is 13.8 Å². The molecule has 1 saturated carbocycles. The Morgan fingerprint density at radius 3 is 2.55 bits per heavy atom. The largest absolute Gasteiger partial charge is 0.352 e. The first-order valence-corrected chi connectivity index (χ1v) is 8.46. The van der Waals surface area contributed by atoms with Crippen molar-refractivity contribution in [3.8, 4) is 0 Å². The van der Waals surface area contributed by atoms with E-state index < -0.39 is 0 Å². The number of hydrogen-bond donors (Lipinski definition) is 2. The molecule has 0 aromatic heterocycles. The predicted octanol–water partition coefficient (Wildman–Crippen LogP) is 1.76. The van der Waals surface area contributed by atoms with Crippen LogP contribution in [0.3, 0.4) is 0 Å². The molecular formula is C16H31N3O. The van der Waals surface area contributed by atoms with E-state index in [-0.39, 0.29) is 5.91 Å². The van der Waals surface area contributed by atoms with Crippen LogP contribution < -0.4 is 10.6 Å². The molecule has 0 bridgehead atoms. The van der Waals surface area contributed by atoms with Gasteiger partial charge in [0.15, 0.2) is 0 Å². The average molecular weight is 281 g/mol. The molecule has 0 spiro atoms. The van der Waals surface area contributed by atoms with Crippen LogP contribution in [0.1, 0.15) is 52.4 Å².